The van der Waals surface area contributed by atoms with Crippen LogP contribution in [0.25, 0.3) is 0 Å². The molecule has 1 fully saturated rings. The minimum atomic E-state index is -0.878. The molecular formula is C12H21NO4. The minimum Gasteiger partial charge on any atom is -0.481 e. The van der Waals surface area contributed by atoms with Crippen molar-refractivity contribution in [3.05, 3.63) is 0 Å². The average molecular weight is 243 g/mol. The summed E-state index contributed by atoms with van der Waals surface area (Å²) in [4.78, 5) is 22.6. The second kappa shape index (κ2) is 6.59. The second-order valence-corrected chi connectivity index (χ2v) is 4.71. The van der Waals surface area contributed by atoms with Crippen LogP contribution in [0.2, 0.25) is 0 Å². The van der Waals surface area contributed by atoms with Gasteiger partial charge in [-0.05, 0) is 25.7 Å². The highest BCUT2D eigenvalue weighted by molar-refractivity contribution is 5.79. The molecule has 0 heterocycles. The van der Waals surface area contributed by atoms with Crippen LogP contribution in [0.5, 0.6) is 0 Å². The Morgan fingerprint density at radius 3 is 2.65 bits per heavy atom. The molecule has 1 aliphatic rings. The fourth-order valence-corrected chi connectivity index (χ4v) is 2.18. The van der Waals surface area contributed by atoms with Crippen molar-refractivity contribution < 1.29 is 19.8 Å². The number of carbonyl (C=O) groups excluding carboxylic acids is 1. The Morgan fingerprint density at radius 1 is 1.41 bits per heavy atom. The van der Waals surface area contributed by atoms with E-state index in [1.165, 1.54) is 0 Å². The number of rotatable bonds is 5. The van der Waals surface area contributed by atoms with Gasteiger partial charge in [0.1, 0.15) is 0 Å². The van der Waals surface area contributed by atoms with Crippen LogP contribution in [-0.2, 0) is 9.59 Å². The van der Waals surface area contributed by atoms with Crippen LogP contribution >= 0.6 is 0 Å². The molecule has 17 heavy (non-hydrogen) atoms. The van der Waals surface area contributed by atoms with Gasteiger partial charge in [-0.15, -0.1) is 0 Å². The number of amides is 1. The molecule has 1 rings (SSSR count). The van der Waals surface area contributed by atoms with Gasteiger partial charge >= 0.3 is 5.97 Å². The number of carboxylic acid groups (broad SMARTS) is 1. The smallest absolute Gasteiger partial charge is 0.308 e. The summed E-state index contributed by atoms with van der Waals surface area (Å²) in [5.41, 5.74) is 0. The molecule has 98 valence electrons. The maximum absolute atomic E-state index is 11.8. The van der Waals surface area contributed by atoms with Gasteiger partial charge in [-0.2, -0.15) is 0 Å². The Hall–Kier alpha value is -1.10. The Morgan fingerprint density at radius 2 is 2.12 bits per heavy atom. The first-order valence-electron chi connectivity index (χ1n) is 6.23. The number of carboxylic acids is 1. The van der Waals surface area contributed by atoms with Crippen LogP contribution in [0.4, 0.5) is 0 Å². The van der Waals surface area contributed by atoms with E-state index in [0.717, 1.165) is 19.3 Å². The van der Waals surface area contributed by atoms with Crippen molar-refractivity contribution in [3.8, 4) is 0 Å². The van der Waals surface area contributed by atoms with Gasteiger partial charge in [-0.1, -0.05) is 13.3 Å². The van der Waals surface area contributed by atoms with Gasteiger partial charge in [0.05, 0.1) is 12.0 Å². The van der Waals surface area contributed by atoms with Crippen molar-refractivity contribution in [2.75, 3.05) is 6.54 Å². The Labute approximate surface area is 101 Å². The highest BCUT2D eigenvalue weighted by Gasteiger charge is 2.26. The van der Waals surface area contributed by atoms with Crippen molar-refractivity contribution in [2.45, 2.75) is 45.1 Å². The fourth-order valence-electron chi connectivity index (χ4n) is 2.18. The molecule has 1 amide bonds. The van der Waals surface area contributed by atoms with E-state index in [1.807, 2.05) is 0 Å². The lowest BCUT2D eigenvalue weighted by molar-refractivity contribution is -0.141. The Bertz CT molecular complexity index is 280. The van der Waals surface area contributed by atoms with E-state index in [0.29, 0.717) is 12.8 Å². The number of aliphatic hydroxyl groups excluding tert-OH is 1. The Balaban J connectivity index is 2.35. The molecule has 5 heteroatoms. The first-order chi connectivity index (χ1) is 8.04. The van der Waals surface area contributed by atoms with Gasteiger partial charge < -0.3 is 15.5 Å². The number of aliphatic carboxylic acids is 1. The molecule has 1 saturated carbocycles. The molecular weight excluding hydrogens is 222 g/mol. The summed E-state index contributed by atoms with van der Waals surface area (Å²) < 4.78 is 0. The van der Waals surface area contributed by atoms with Crippen LogP contribution in [-0.4, -0.2) is 34.7 Å². The second-order valence-electron chi connectivity index (χ2n) is 4.71. The number of hydrogen-bond acceptors (Lipinski definition) is 3. The van der Waals surface area contributed by atoms with E-state index in [-0.39, 0.29) is 24.5 Å². The third-order valence-corrected chi connectivity index (χ3v) is 3.38. The van der Waals surface area contributed by atoms with Crippen LogP contribution in [0.15, 0.2) is 0 Å². The predicted molar refractivity (Wildman–Crippen MR) is 62.4 cm³/mol. The lowest BCUT2D eigenvalue weighted by atomic mass is 9.86. The third kappa shape index (κ3) is 4.34. The van der Waals surface area contributed by atoms with Crippen LogP contribution in [0.1, 0.15) is 39.0 Å². The maximum Gasteiger partial charge on any atom is 0.308 e. The first-order valence-corrected chi connectivity index (χ1v) is 6.23. The van der Waals surface area contributed by atoms with Crippen LogP contribution < -0.4 is 5.32 Å². The fraction of sp³-hybridized carbons (Fsp3) is 0.833. The van der Waals surface area contributed by atoms with Crippen LogP contribution in [0.3, 0.4) is 0 Å². The standard InChI is InChI=1S/C12H21NO4/c1-2-8(12(16)17)7-13-11(15)9-4-3-5-10(14)6-9/h8-10,14H,2-7H2,1H3,(H,13,15)(H,16,17)/t8?,9-,10+/m1/s1. The molecule has 0 aromatic carbocycles. The highest BCUT2D eigenvalue weighted by atomic mass is 16.4. The lowest BCUT2D eigenvalue weighted by Gasteiger charge is -2.25. The van der Waals surface area contributed by atoms with E-state index < -0.39 is 11.9 Å². The molecule has 0 aliphatic heterocycles. The first kappa shape index (κ1) is 14.0. The molecule has 0 bridgehead atoms. The van der Waals surface area contributed by atoms with E-state index in [9.17, 15) is 14.7 Å². The summed E-state index contributed by atoms with van der Waals surface area (Å²) in [6.07, 6.45) is 3.01. The van der Waals surface area contributed by atoms with Gasteiger partial charge in [-0.25, -0.2) is 0 Å². The molecule has 0 saturated heterocycles. The summed E-state index contributed by atoms with van der Waals surface area (Å²) in [6, 6.07) is 0. The average Bonchev–Trinajstić information content (AvgIpc) is 2.29. The molecule has 0 radical (unpaired) electrons. The summed E-state index contributed by atoms with van der Waals surface area (Å²) in [6.45, 7) is 1.96. The number of nitrogens with one attached hydrogen (secondary N) is 1. The zero-order valence-corrected chi connectivity index (χ0v) is 10.2. The highest BCUT2D eigenvalue weighted by Crippen LogP contribution is 2.24. The largest absolute Gasteiger partial charge is 0.481 e. The zero-order valence-electron chi connectivity index (χ0n) is 10.2. The molecule has 3 atom stereocenters. The van der Waals surface area contributed by atoms with Gasteiger partial charge in [-0.3, -0.25) is 9.59 Å². The molecule has 3 N–H and O–H groups in total. The van der Waals surface area contributed by atoms with Crippen molar-refractivity contribution in [1.29, 1.82) is 0 Å². The molecule has 0 aromatic rings. The summed E-state index contributed by atoms with van der Waals surface area (Å²) in [7, 11) is 0. The van der Waals surface area contributed by atoms with Gasteiger partial charge in [0.15, 0.2) is 0 Å². The number of aliphatic hydroxyl groups is 1. The third-order valence-electron chi connectivity index (χ3n) is 3.38. The number of hydrogen-bond donors (Lipinski definition) is 3. The van der Waals surface area contributed by atoms with Crippen molar-refractivity contribution >= 4 is 11.9 Å². The quantitative estimate of drug-likeness (QED) is 0.665. The van der Waals surface area contributed by atoms with E-state index in [1.54, 1.807) is 6.92 Å². The van der Waals surface area contributed by atoms with E-state index in [4.69, 9.17) is 5.11 Å². The Kier molecular flexibility index (Phi) is 5.41. The summed E-state index contributed by atoms with van der Waals surface area (Å²) >= 11 is 0. The molecule has 1 aliphatic carbocycles. The molecule has 0 aromatic heterocycles. The molecule has 0 spiro atoms. The number of carbonyl (C=O) groups is 2. The van der Waals surface area contributed by atoms with Gasteiger partial charge in [0.25, 0.3) is 0 Å². The summed E-state index contributed by atoms with van der Waals surface area (Å²) in [5.74, 6) is -1.68. The van der Waals surface area contributed by atoms with Crippen molar-refractivity contribution in [2.24, 2.45) is 11.8 Å². The van der Waals surface area contributed by atoms with Crippen molar-refractivity contribution in [1.82, 2.24) is 5.32 Å². The summed E-state index contributed by atoms with van der Waals surface area (Å²) in [5, 5.41) is 21.0. The lowest BCUT2D eigenvalue weighted by Crippen LogP contribution is -2.39. The SMILES string of the molecule is CCC(CNC(=O)[C@@H]1CCC[C@H](O)C1)C(=O)O. The predicted octanol–water partition coefficient (Wildman–Crippen LogP) is 0.764. The maximum atomic E-state index is 11.8. The topological polar surface area (TPSA) is 86.6 Å². The molecule has 5 nitrogen and oxygen atoms in total. The van der Waals surface area contributed by atoms with Gasteiger partial charge in [0, 0.05) is 12.5 Å². The van der Waals surface area contributed by atoms with Crippen LogP contribution in [0, 0.1) is 11.8 Å². The van der Waals surface area contributed by atoms with E-state index in [2.05, 4.69) is 5.32 Å². The van der Waals surface area contributed by atoms with Crippen molar-refractivity contribution in [3.63, 3.8) is 0 Å². The van der Waals surface area contributed by atoms with Gasteiger partial charge in [0.2, 0.25) is 5.91 Å². The zero-order chi connectivity index (χ0) is 12.8. The van der Waals surface area contributed by atoms with E-state index >= 15 is 0 Å². The molecule has 1 unspecified atom stereocenters. The normalized spacial score (nSPS) is 26.2. The monoisotopic (exact) mass is 243 g/mol. The minimum absolute atomic E-state index is 0.122.